The average molecular weight is 337 g/mol. The fourth-order valence-electron chi connectivity index (χ4n) is 3.90. The Bertz CT molecular complexity index is 735. The second-order valence-electron chi connectivity index (χ2n) is 7.71. The molecule has 0 amide bonds. The van der Waals surface area contributed by atoms with Crippen LogP contribution < -0.4 is 11.1 Å². The van der Waals surface area contributed by atoms with Crippen LogP contribution in [0.25, 0.3) is 11.3 Å². The van der Waals surface area contributed by atoms with Crippen LogP contribution in [0, 0.1) is 6.92 Å². The number of nitrogens with two attached hydrogens (primary N) is 1. The number of aromatic hydroxyl groups is 1. The number of pyridine rings is 1. The first-order valence-corrected chi connectivity index (χ1v) is 9.37. The van der Waals surface area contributed by atoms with Gasteiger partial charge < -0.3 is 16.2 Å². The van der Waals surface area contributed by atoms with Gasteiger partial charge >= 0.3 is 0 Å². The van der Waals surface area contributed by atoms with E-state index in [1.807, 2.05) is 25.3 Å². The molecule has 4 nitrogen and oxygen atoms in total. The van der Waals surface area contributed by atoms with Gasteiger partial charge in [-0.3, -0.25) is 4.98 Å². The van der Waals surface area contributed by atoms with E-state index >= 15 is 0 Å². The number of nitrogens with one attached hydrogen (secondary N) is 1. The lowest BCUT2D eigenvalue weighted by atomic mass is 9.92. The van der Waals surface area contributed by atoms with E-state index < -0.39 is 0 Å². The van der Waals surface area contributed by atoms with Crippen LogP contribution in [0.15, 0.2) is 36.5 Å². The molecule has 2 saturated carbocycles. The molecule has 25 heavy (non-hydrogen) atoms. The van der Waals surface area contributed by atoms with Crippen LogP contribution >= 0.6 is 0 Å². The number of benzene rings is 1. The van der Waals surface area contributed by atoms with Crippen molar-refractivity contribution in [2.75, 3.05) is 0 Å². The number of aromatic nitrogens is 1. The third-order valence-corrected chi connectivity index (χ3v) is 5.73. The van der Waals surface area contributed by atoms with E-state index in [0.717, 1.165) is 29.7 Å². The molecule has 2 aliphatic rings. The first kappa shape index (κ1) is 16.6. The molecule has 2 unspecified atom stereocenters. The maximum atomic E-state index is 9.88. The number of nitrogens with zero attached hydrogens (tertiary/aromatic N) is 1. The normalized spacial score (nSPS) is 28.7. The minimum Gasteiger partial charge on any atom is -0.508 e. The van der Waals surface area contributed by atoms with Crippen LogP contribution in [0.5, 0.6) is 5.75 Å². The number of phenols is 1. The van der Waals surface area contributed by atoms with Crippen molar-refractivity contribution in [3.63, 3.8) is 0 Å². The molecule has 2 atom stereocenters. The predicted octanol–water partition coefficient (Wildman–Crippen LogP) is 3.48. The fourth-order valence-corrected chi connectivity index (χ4v) is 3.90. The van der Waals surface area contributed by atoms with Crippen LogP contribution in [-0.2, 0) is 0 Å². The summed E-state index contributed by atoms with van der Waals surface area (Å²) in [7, 11) is 0. The van der Waals surface area contributed by atoms with Crippen LogP contribution in [0.4, 0.5) is 0 Å². The van der Waals surface area contributed by atoms with Gasteiger partial charge in [0.15, 0.2) is 0 Å². The number of phenolic OH excluding ortho intramolecular Hbond substituents is 1. The molecule has 132 valence electrons. The highest BCUT2D eigenvalue weighted by Gasteiger charge is 2.40. The average Bonchev–Trinajstić information content (AvgIpc) is 3.39. The maximum Gasteiger partial charge on any atom is 0.119 e. The van der Waals surface area contributed by atoms with E-state index in [1.165, 1.54) is 24.8 Å². The van der Waals surface area contributed by atoms with Crippen molar-refractivity contribution >= 4 is 0 Å². The van der Waals surface area contributed by atoms with E-state index in [1.54, 1.807) is 6.07 Å². The van der Waals surface area contributed by atoms with E-state index in [2.05, 4.69) is 22.4 Å². The molecule has 1 aromatic heterocycles. The highest BCUT2D eigenvalue weighted by molar-refractivity contribution is 5.62. The Morgan fingerprint density at radius 1 is 1.12 bits per heavy atom. The number of rotatable bonds is 4. The maximum absolute atomic E-state index is 9.88. The molecular weight excluding hydrogens is 310 g/mol. The van der Waals surface area contributed by atoms with Gasteiger partial charge in [0.05, 0.1) is 5.69 Å². The van der Waals surface area contributed by atoms with Gasteiger partial charge in [-0.1, -0.05) is 18.2 Å². The Balaban J connectivity index is 1.37. The third kappa shape index (κ3) is 3.70. The molecule has 0 spiro atoms. The standard InChI is InChI=1S/C21H27N3O/c1-13-2-3-14(10-21(13)25)19-9-4-15(12-23-19)18-11-20(18)24-17-7-5-16(22)6-8-17/h2-4,9-10,12,16-18,20,24-25H,5-8,11,22H2,1H3/t16-,17-,18?,20?. The molecular formula is C21H27N3O. The molecule has 4 N–H and O–H groups in total. The first-order chi connectivity index (χ1) is 12.1. The topological polar surface area (TPSA) is 71.2 Å². The minimum atomic E-state index is 0.321. The van der Waals surface area contributed by atoms with Crippen molar-refractivity contribution in [2.24, 2.45) is 5.73 Å². The zero-order valence-corrected chi connectivity index (χ0v) is 14.8. The smallest absolute Gasteiger partial charge is 0.119 e. The quantitative estimate of drug-likeness (QED) is 0.799. The molecule has 2 aliphatic carbocycles. The summed E-state index contributed by atoms with van der Waals surface area (Å²) in [6.45, 7) is 1.90. The lowest BCUT2D eigenvalue weighted by Crippen LogP contribution is -2.38. The van der Waals surface area contributed by atoms with Gasteiger partial charge in [0, 0.05) is 35.8 Å². The highest BCUT2D eigenvalue weighted by Crippen LogP contribution is 2.42. The zero-order chi connectivity index (χ0) is 17.4. The van der Waals surface area contributed by atoms with Crippen LogP contribution in [0.1, 0.15) is 49.1 Å². The SMILES string of the molecule is Cc1ccc(-c2ccc(C3CC3N[C@H]3CC[C@H](N)CC3)cn2)cc1O. The molecule has 2 aromatic rings. The summed E-state index contributed by atoms with van der Waals surface area (Å²) in [5.41, 5.74) is 10.1. The summed E-state index contributed by atoms with van der Waals surface area (Å²) in [4.78, 5) is 4.62. The summed E-state index contributed by atoms with van der Waals surface area (Å²) >= 11 is 0. The van der Waals surface area contributed by atoms with Crippen molar-refractivity contribution < 1.29 is 5.11 Å². The fraction of sp³-hybridized carbons (Fsp3) is 0.476. The molecule has 2 fully saturated rings. The largest absolute Gasteiger partial charge is 0.508 e. The van der Waals surface area contributed by atoms with Crippen LogP contribution in [0.3, 0.4) is 0 Å². The molecule has 0 bridgehead atoms. The molecule has 0 saturated heterocycles. The first-order valence-electron chi connectivity index (χ1n) is 9.37. The Morgan fingerprint density at radius 2 is 1.92 bits per heavy atom. The van der Waals surface area contributed by atoms with E-state index in [4.69, 9.17) is 5.73 Å². The summed E-state index contributed by atoms with van der Waals surface area (Å²) in [6.07, 6.45) is 7.91. The predicted molar refractivity (Wildman–Crippen MR) is 101 cm³/mol. The minimum absolute atomic E-state index is 0.321. The van der Waals surface area contributed by atoms with Gasteiger partial charge in [-0.25, -0.2) is 0 Å². The van der Waals surface area contributed by atoms with Crippen molar-refractivity contribution in [3.05, 3.63) is 47.7 Å². The van der Waals surface area contributed by atoms with Gasteiger partial charge in [0.25, 0.3) is 0 Å². The van der Waals surface area contributed by atoms with E-state index in [0.29, 0.717) is 29.8 Å². The van der Waals surface area contributed by atoms with E-state index in [-0.39, 0.29) is 0 Å². The monoisotopic (exact) mass is 337 g/mol. The van der Waals surface area contributed by atoms with Gasteiger partial charge in [0.2, 0.25) is 0 Å². The second-order valence-corrected chi connectivity index (χ2v) is 7.71. The molecule has 4 heteroatoms. The van der Waals surface area contributed by atoms with Gasteiger partial charge in [-0.2, -0.15) is 0 Å². The Morgan fingerprint density at radius 3 is 2.60 bits per heavy atom. The van der Waals surface area contributed by atoms with Crippen molar-refractivity contribution in [1.29, 1.82) is 0 Å². The lowest BCUT2D eigenvalue weighted by molar-refractivity contribution is 0.339. The van der Waals surface area contributed by atoms with Crippen LogP contribution in [0.2, 0.25) is 0 Å². The summed E-state index contributed by atoms with van der Waals surface area (Å²) in [5, 5.41) is 13.7. The van der Waals surface area contributed by atoms with E-state index in [9.17, 15) is 5.11 Å². The van der Waals surface area contributed by atoms with Crippen molar-refractivity contribution in [2.45, 2.75) is 63.1 Å². The molecule has 1 heterocycles. The molecule has 1 aromatic carbocycles. The number of hydrogen-bond acceptors (Lipinski definition) is 4. The van der Waals surface area contributed by atoms with Crippen molar-refractivity contribution in [1.82, 2.24) is 10.3 Å². The summed E-state index contributed by atoms with van der Waals surface area (Å²) in [6, 6.07) is 11.6. The van der Waals surface area contributed by atoms with Crippen LogP contribution in [-0.4, -0.2) is 28.2 Å². The second kappa shape index (κ2) is 6.77. The van der Waals surface area contributed by atoms with Gasteiger partial charge in [-0.05, 0) is 62.3 Å². The summed E-state index contributed by atoms with van der Waals surface area (Å²) in [5.74, 6) is 0.908. The zero-order valence-electron chi connectivity index (χ0n) is 14.8. The molecule has 0 radical (unpaired) electrons. The Kier molecular flexibility index (Phi) is 4.48. The number of aryl methyl sites for hydroxylation is 1. The molecule has 4 rings (SSSR count). The highest BCUT2D eigenvalue weighted by atomic mass is 16.3. The Hall–Kier alpha value is -1.91. The number of hydrogen-bond donors (Lipinski definition) is 3. The molecule has 0 aliphatic heterocycles. The third-order valence-electron chi connectivity index (χ3n) is 5.73. The summed E-state index contributed by atoms with van der Waals surface area (Å²) < 4.78 is 0. The lowest BCUT2D eigenvalue weighted by Gasteiger charge is -2.27. The van der Waals surface area contributed by atoms with Crippen molar-refractivity contribution in [3.8, 4) is 17.0 Å². The Labute approximate surface area is 149 Å². The van der Waals surface area contributed by atoms with Gasteiger partial charge in [0.1, 0.15) is 5.75 Å². The van der Waals surface area contributed by atoms with Gasteiger partial charge in [-0.15, -0.1) is 0 Å².